The summed E-state index contributed by atoms with van der Waals surface area (Å²) in [6.45, 7) is 1.90. The van der Waals surface area contributed by atoms with E-state index in [1.165, 1.54) is 48.5 Å². The Morgan fingerprint density at radius 2 is 1.10 bits per heavy atom. The molecular weight excluding hydrogens is 400 g/mol. The van der Waals surface area contributed by atoms with Gasteiger partial charge in [0, 0.05) is 34.5 Å². The summed E-state index contributed by atoms with van der Waals surface area (Å²) in [7, 11) is 0. The molecule has 3 amide bonds. The lowest BCUT2D eigenvalue weighted by atomic mass is 10.1. The number of aryl methyl sites for hydroxylation is 1. The van der Waals surface area contributed by atoms with Gasteiger partial charge >= 0.3 is 0 Å². The van der Waals surface area contributed by atoms with Crippen LogP contribution in [-0.2, 0) is 0 Å². The predicted molar refractivity (Wildman–Crippen MR) is 114 cm³/mol. The predicted octanol–water partition coefficient (Wildman–Crippen LogP) is 3.23. The van der Waals surface area contributed by atoms with E-state index in [-0.39, 0.29) is 16.8 Å². The Bertz CT molecular complexity index is 1120. The van der Waals surface area contributed by atoms with Crippen molar-refractivity contribution in [2.24, 2.45) is 0 Å². The minimum Gasteiger partial charge on any atom is -0.322 e. The molecule has 0 aromatic heterocycles. The summed E-state index contributed by atoms with van der Waals surface area (Å²) >= 11 is 0. The molecule has 0 spiro atoms. The lowest BCUT2D eigenvalue weighted by Gasteiger charge is -2.09. The number of non-ortho nitro benzene ring substituents is 1. The third kappa shape index (κ3) is 5.51. The maximum absolute atomic E-state index is 12.2. The van der Waals surface area contributed by atoms with Gasteiger partial charge < -0.3 is 5.32 Å². The minimum absolute atomic E-state index is 0.110. The third-order valence-corrected chi connectivity index (χ3v) is 4.35. The van der Waals surface area contributed by atoms with Crippen LogP contribution in [0.25, 0.3) is 0 Å². The number of hydrogen-bond donors (Lipinski definition) is 3. The quantitative estimate of drug-likeness (QED) is 0.433. The van der Waals surface area contributed by atoms with E-state index in [1.807, 2.05) is 6.92 Å². The first-order chi connectivity index (χ1) is 14.8. The molecule has 0 atom stereocenters. The van der Waals surface area contributed by atoms with Crippen LogP contribution in [0.1, 0.15) is 36.6 Å². The number of hydrazine groups is 1. The molecule has 3 rings (SSSR count). The average Bonchev–Trinajstić information content (AvgIpc) is 2.78. The first kappa shape index (κ1) is 21.2. The molecular formula is C22H18N4O5. The minimum atomic E-state index is -0.547. The maximum Gasteiger partial charge on any atom is 0.269 e. The van der Waals surface area contributed by atoms with E-state index in [9.17, 15) is 24.5 Å². The lowest BCUT2D eigenvalue weighted by molar-refractivity contribution is -0.384. The standard InChI is InChI=1S/C22H18N4O5/c1-14-2-4-16(5-3-14)21(28)24-25-22(29)17-6-10-18(11-7-17)23-20(27)15-8-12-19(13-9-15)26(30)31/h2-13H,1H3,(H,23,27)(H,24,28)(H,25,29). The molecule has 9 nitrogen and oxygen atoms in total. The second-order valence-electron chi connectivity index (χ2n) is 6.61. The second-order valence-corrected chi connectivity index (χ2v) is 6.61. The normalized spacial score (nSPS) is 10.1. The number of nitrogens with one attached hydrogen (secondary N) is 3. The van der Waals surface area contributed by atoms with Crippen LogP contribution in [-0.4, -0.2) is 22.6 Å². The molecule has 31 heavy (non-hydrogen) atoms. The molecule has 0 saturated heterocycles. The Labute approximate surface area is 177 Å². The summed E-state index contributed by atoms with van der Waals surface area (Å²) in [5.41, 5.74) is 6.96. The van der Waals surface area contributed by atoms with E-state index in [2.05, 4.69) is 16.2 Å². The smallest absolute Gasteiger partial charge is 0.269 e. The van der Waals surface area contributed by atoms with E-state index in [0.29, 0.717) is 11.3 Å². The molecule has 0 aliphatic carbocycles. The van der Waals surface area contributed by atoms with E-state index in [4.69, 9.17) is 0 Å². The molecule has 3 aromatic carbocycles. The highest BCUT2D eigenvalue weighted by molar-refractivity contribution is 6.05. The van der Waals surface area contributed by atoms with E-state index in [0.717, 1.165) is 5.56 Å². The lowest BCUT2D eigenvalue weighted by Crippen LogP contribution is -2.41. The molecule has 0 unspecified atom stereocenters. The van der Waals surface area contributed by atoms with E-state index < -0.39 is 22.6 Å². The first-order valence-corrected chi connectivity index (χ1v) is 9.17. The molecule has 9 heteroatoms. The molecule has 156 valence electrons. The molecule has 3 N–H and O–H groups in total. The Morgan fingerprint density at radius 3 is 1.58 bits per heavy atom. The fourth-order valence-electron chi connectivity index (χ4n) is 2.61. The number of nitro groups is 1. The maximum atomic E-state index is 12.2. The molecule has 0 aliphatic heterocycles. The zero-order valence-electron chi connectivity index (χ0n) is 16.4. The van der Waals surface area contributed by atoms with Gasteiger partial charge in [-0.3, -0.25) is 35.3 Å². The number of nitrogens with zero attached hydrogens (tertiary/aromatic N) is 1. The van der Waals surface area contributed by atoms with Crippen molar-refractivity contribution in [3.63, 3.8) is 0 Å². The fourth-order valence-corrected chi connectivity index (χ4v) is 2.61. The summed E-state index contributed by atoms with van der Waals surface area (Å²) in [5.74, 6) is -1.41. The number of hydrogen-bond acceptors (Lipinski definition) is 5. The van der Waals surface area contributed by atoms with Crippen molar-refractivity contribution in [1.82, 2.24) is 10.9 Å². The van der Waals surface area contributed by atoms with Crippen LogP contribution in [0, 0.1) is 17.0 Å². The van der Waals surface area contributed by atoms with Crippen LogP contribution >= 0.6 is 0 Å². The first-order valence-electron chi connectivity index (χ1n) is 9.17. The number of anilines is 1. The largest absolute Gasteiger partial charge is 0.322 e. The molecule has 0 fully saturated rings. The summed E-state index contributed by atoms with van der Waals surface area (Å²) in [6, 6.07) is 18.1. The van der Waals surface area contributed by atoms with Gasteiger partial charge in [-0.15, -0.1) is 0 Å². The summed E-state index contributed by atoms with van der Waals surface area (Å²) in [5, 5.41) is 13.3. The second kappa shape index (κ2) is 9.31. The average molecular weight is 418 g/mol. The van der Waals surface area contributed by atoms with Gasteiger partial charge in [-0.25, -0.2) is 0 Å². The molecule has 0 bridgehead atoms. The van der Waals surface area contributed by atoms with Gasteiger partial charge in [0.15, 0.2) is 0 Å². The van der Waals surface area contributed by atoms with Crippen molar-refractivity contribution in [1.29, 1.82) is 0 Å². The van der Waals surface area contributed by atoms with Crippen molar-refractivity contribution in [3.05, 3.63) is 105 Å². The zero-order chi connectivity index (χ0) is 22.4. The zero-order valence-corrected chi connectivity index (χ0v) is 16.4. The van der Waals surface area contributed by atoms with Crippen molar-refractivity contribution in [2.45, 2.75) is 6.92 Å². The molecule has 0 aliphatic rings. The molecule has 0 heterocycles. The van der Waals surface area contributed by atoms with Crippen molar-refractivity contribution in [2.75, 3.05) is 5.32 Å². The van der Waals surface area contributed by atoms with Crippen LogP contribution in [0.15, 0.2) is 72.8 Å². The number of rotatable bonds is 5. The Balaban J connectivity index is 1.55. The van der Waals surface area contributed by atoms with Crippen molar-refractivity contribution >= 4 is 29.1 Å². The van der Waals surface area contributed by atoms with Gasteiger partial charge in [-0.05, 0) is 55.5 Å². The van der Waals surface area contributed by atoms with Gasteiger partial charge in [0.1, 0.15) is 0 Å². The van der Waals surface area contributed by atoms with Crippen LogP contribution in [0.2, 0.25) is 0 Å². The van der Waals surface area contributed by atoms with Crippen LogP contribution in [0.4, 0.5) is 11.4 Å². The van der Waals surface area contributed by atoms with Crippen molar-refractivity contribution < 1.29 is 19.3 Å². The number of carbonyl (C=O) groups is 3. The topological polar surface area (TPSA) is 130 Å². The summed E-state index contributed by atoms with van der Waals surface area (Å²) in [6.07, 6.45) is 0. The van der Waals surface area contributed by atoms with E-state index in [1.54, 1.807) is 24.3 Å². The SMILES string of the molecule is Cc1ccc(C(=O)NNC(=O)c2ccc(NC(=O)c3ccc([N+](=O)[O-])cc3)cc2)cc1. The van der Waals surface area contributed by atoms with Gasteiger partial charge in [0.05, 0.1) is 4.92 Å². The fraction of sp³-hybridized carbons (Fsp3) is 0.0455. The third-order valence-electron chi connectivity index (χ3n) is 4.35. The Kier molecular flexibility index (Phi) is 6.36. The number of nitro benzene ring substituents is 1. The number of carbonyl (C=O) groups excluding carboxylic acids is 3. The highest BCUT2D eigenvalue weighted by Crippen LogP contribution is 2.15. The van der Waals surface area contributed by atoms with Gasteiger partial charge in [-0.1, -0.05) is 17.7 Å². The Morgan fingerprint density at radius 1 is 0.677 bits per heavy atom. The Hall–Kier alpha value is -4.53. The van der Waals surface area contributed by atoms with Crippen LogP contribution < -0.4 is 16.2 Å². The monoisotopic (exact) mass is 418 g/mol. The number of benzene rings is 3. The van der Waals surface area contributed by atoms with Gasteiger partial charge in [-0.2, -0.15) is 0 Å². The van der Waals surface area contributed by atoms with Gasteiger partial charge in [0.25, 0.3) is 23.4 Å². The van der Waals surface area contributed by atoms with Gasteiger partial charge in [0.2, 0.25) is 0 Å². The molecule has 0 radical (unpaired) electrons. The van der Waals surface area contributed by atoms with Crippen LogP contribution in [0.3, 0.4) is 0 Å². The highest BCUT2D eigenvalue weighted by Gasteiger charge is 2.12. The van der Waals surface area contributed by atoms with Crippen LogP contribution in [0.5, 0.6) is 0 Å². The number of amides is 3. The van der Waals surface area contributed by atoms with Crippen molar-refractivity contribution in [3.8, 4) is 0 Å². The summed E-state index contributed by atoms with van der Waals surface area (Å²) < 4.78 is 0. The molecule has 0 saturated carbocycles. The summed E-state index contributed by atoms with van der Waals surface area (Å²) in [4.78, 5) is 46.6. The molecule has 3 aromatic rings. The highest BCUT2D eigenvalue weighted by atomic mass is 16.6. The van der Waals surface area contributed by atoms with E-state index >= 15 is 0 Å².